The Morgan fingerprint density at radius 1 is 0.917 bits per heavy atom. The van der Waals surface area contributed by atoms with Crippen molar-refractivity contribution in [3.8, 4) is 22.9 Å². The number of ether oxygens (including phenoxy) is 1. The van der Waals surface area contributed by atoms with Crippen LogP contribution < -0.4 is 4.74 Å². The number of aromatic hydroxyl groups is 1. The van der Waals surface area contributed by atoms with E-state index in [-0.39, 0.29) is 0 Å². The van der Waals surface area contributed by atoms with Gasteiger partial charge < -0.3 is 9.84 Å². The largest absolute Gasteiger partial charge is 0.505 e. The molecule has 0 spiro atoms. The minimum Gasteiger partial charge on any atom is -0.505 e. The van der Waals surface area contributed by atoms with Gasteiger partial charge in [0.15, 0.2) is 11.6 Å². The van der Waals surface area contributed by atoms with Crippen LogP contribution in [0, 0.1) is 5.82 Å². The first-order valence-corrected chi connectivity index (χ1v) is 7.40. The maximum Gasteiger partial charge on any atom is 0.165 e. The monoisotopic (exact) mass is 320 g/mol. The van der Waals surface area contributed by atoms with Crippen LogP contribution in [-0.4, -0.2) is 14.9 Å². The Morgan fingerprint density at radius 3 is 2.38 bits per heavy atom. The standard InChI is InChI=1S/C19H13FN2O2/c20-17-10-13-12-21-22(18(13)11-19(17)23)14-6-8-16(9-7-14)24-15-4-2-1-3-5-15/h1-12,23H. The molecular weight excluding hydrogens is 307 g/mol. The molecule has 0 saturated carbocycles. The fourth-order valence-corrected chi connectivity index (χ4v) is 2.52. The number of para-hydroxylation sites is 1. The van der Waals surface area contributed by atoms with Crippen molar-refractivity contribution in [2.45, 2.75) is 0 Å². The quantitative estimate of drug-likeness (QED) is 0.597. The zero-order valence-electron chi connectivity index (χ0n) is 12.6. The molecule has 0 bridgehead atoms. The number of halogens is 1. The van der Waals surface area contributed by atoms with E-state index in [1.165, 1.54) is 12.1 Å². The van der Waals surface area contributed by atoms with Gasteiger partial charge >= 0.3 is 0 Å². The van der Waals surface area contributed by atoms with Gasteiger partial charge in [-0.25, -0.2) is 9.07 Å². The van der Waals surface area contributed by atoms with E-state index in [0.29, 0.717) is 16.7 Å². The van der Waals surface area contributed by atoms with Gasteiger partial charge in [0.05, 0.1) is 17.4 Å². The van der Waals surface area contributed by atoms with Crippen LogP contribution in [0.5, 0.6) is 17.2 Å². The van der Waals surface area contributed by atoms with Crippen LogP contribution in [0.3, 0.4) is 0 Å². The van der Waals surface area contributed by atoms with Crippen molar-refractivity contribution in [1.29, 1.82) is 0 Å². The lowest BCUT2D eigenvalue weighted by atomic mass is 10.2. The Morgan fingerprint density at radius 2 is 1.62 bits per heavy atom. The van der Waals surface area contributed by atoms with Gasteiger partial charge in [-0.3, -0.25) is 0 Å². The van der Waals surface area contributed by atoms with Gasteiger partial charge in [0.25, 0.3) is 0 Å². The summed E-state index contributed by atoms with van der Waals surface area (Å²) >= 11 is 0. The predicted molar refractivity (Wildman–Crippen MR) is 89.2 cm³/mol. The van der Waals surface area contributed by atoms with E-state index in [4.69, 9.17) is 4.74 Å². The second-order valence-corrected chi connectivity index (χ2v) is 5.33. The number of nitrogens with zero attached hydrogens (tertiary/aromatic N) is 2. The van der Waals surface area contributed by atoms with Gasteiger partial charge in [0, 0.05) is 11.5 Å². The summed E-state index contributed by atoms with van der Waals surface area (Å²) in [7, 11) is 0. The van der Waals surface area contributed by atoms with E-state index in [9.17, 15) is 9.50 Å². The number of phenols is 1. The van der Waals surface area contributed by atoms with E-state index in [0.717, 1.165) is 11.4 Å². The number of benzene rings is 3. The highest BCUT2D eigenvalue weighted by molar-refractivity contribution is 5.81. The second kappa shape index (κ2) is 5.70. The fraction of sp³-hybridized carbons (Fsp3) is 0. The summed E-state index contributed by atoms with van der Waals surface area (Å²) in [5.74, 6) is 0.410. The number of hydrogen-bond donors (Lipinski definition) is 1. The third kappa shape index (κ3) is 2.56. The molecule has 1 heterocycles. The van der Waals surface area contributed by atoms with Crippen molar-refractivity contribution in [2.24, 2.45) is 0 Å². The van der Waals surface area contributed by atoms with Crippen LogP contribution in [0.1, 0.15) is 0 Å². The SMILES string of the molecule is Oc1cc2c(cnn2-c2ccc(Oc3ccccc3)cc2)cc1F. The third-order valence-electron chi connectivity index (χ3n) is 3.70. The minimum absolute atomic E-state index is 0.395. The van der Waals surface area contributed by atoms with E-state index in [1.54, 1.807) is 10.9 Å². The molecule has 4 rings (SSSR count). The first-order chi connectivity index (χ1) is 11.7. The highest BCUT2D eigenvalue weighted by Crippen LogP contribution is 2.27. The Kier molecular flexibility index (Phi) is 3.39. The molecule has 0 radical (unpaired) electrons. The third-order valence-corrected chi connectivity index (χ3v) is 3.70. The van der Waals surface area contributed by atoms with Gasteiger partial charge in [-0.2, -0.15) is 5.10 Å². The summed E-state index contributed by atoms with van der Waals surface area (Å²) in [5.41, 5.74) is 1.42. The molecule has 0 fully saturated rings. The van der Waals surface area contributed by atoms with Gasteiger partial charge in [0.2, 0.25) is 0 Å². The number of hydrogen-bond acceptors (Lipinski definition) is 3. The van der Waals surface area contributed by atoms with E-state index >= 15 is 0 Å². The summed E-state index contributed by atoms with van der Waals surface area (Å²) in [5, 5.41) is 14.5. The first kappa shape index (κ1) is 14.3. The van der Waals surface area contributed by atoms with Crippen LogP contribution in [0.15, 0.2) is 72.9 Å². The smallest absolute Gasteiger partial charge is 0.165 e. The maximum atomic E-state index is 13.4. The molecule has 0 aliphatic heterocycles. The van der Waals surface area contributed by atoms with Crippen LogP contribution in [0.25, 0.3) is 16.6 Å². The zero-order chi connectivity index (χ0) is 16.5. The summed E-state index contributed by atoms with van der Waals surface area (Å²) in [6, 6.07) is 19.5. The first-order valence-electron chi connectivity index (χ1n) is 7.40. The van der Waals surface area contributed by atoms with Crippen LogP contribution in [0.4, 0.5) is 4.39 Å². The molecule has 5 heteroatoms. The maximum absolute atomic E-state index is 13.4. The number of aromatic nitrogens is 2. The van der Waals surface area contributed by atoms with Crippen LogP contribution >= 0.6 is 0 Å². The number of phenolic OH excluding ortho intramolecular Hbond substituents is 1. The van der Waals surface area contributed by atoms with Crippen molar-refractivity contribution in [3.05, 3.63) is 78.7 Å². The second-order valence-electron chi connectivity index (χ2n) is 5.33. The Balaban J connectivity index is 1.67. The molecule has 0 aliphatic carbocycles. The van der Waals surface area contributed by atoms with Gasteiger partial charge in [-0.05, 0) is 42.5 Å². The molecule has 4 aromatic rings. The molecule has 1 N–H and O–H groups in total. The van der Waals surface area contributed by atoms with E-state index in [1.807, 2.05) is 54.6 Å². The lowest BCUT2D eigenvalue weighted by Gasteiger charge is -2.08. The molecule has 0 unspecified atom stereocenters. The van der Waals surface area contributed by atoms with Crippen molar-refractivity contribution in [1.82, 2.24) is 9.78 Å². The Labute approximate surface area is 137 Å². The molecule has 1 aromatic heterocycles. The normalized spacial score (nSPS) is 10.9. The molecule has 0 atom stereocenters. The van der Waals surface area contributed by atoms with E-state index in [2.05, 4.69) is 5.10 Å². The Bertz CT molecular complexity index is 995. The number of fused-ring (bicyclic) bond motifs is 1. The summed E-state index contributed by atoms with van der Waals surface area (Å²) in [6.07, 6.45) is 1.56. The summed E-state index contributed by atoms with van der Waals surface area (Å²) < 4.78 is 20.8. The molecule has 24 heavy (non-hydrogen) atoms. The fourth-order valence-electron chi connectivity index (χ4n) is 2.52. The average Bonchev–Trinajstić information content (AvgIpc) is 3.00. The molecule has 0 amide bonds. The predicted octanol–water partition coefficient (Wildman–Crippen LogP) is 4.66. The van der Waals surface area contributed by atoms with Gasteiger partial charge in [0.1, 0.15) is 11.5 Å². The van der Waals surface area contributed by atoms with Crippen molar-refractivity contribution >= 4 is 10.9 Å². The highest BCUT2D eigenvalue weighted by Gasteiger charge is 2.10. The molecular formula is C19H13FN2O2. The highest BCUT2D eigenvalue weighted by atomic mass is 19.1. The van der Waals surface area contributed by atoms with Crippen molar-refractivity contribution in [3.63, 3.8) is 0 Å². The topological polar surface area (TPSA) is 47.3 Å². The zero-order valence-corrected chi connectivity index (χ0v) is 12.6. The van der Waals surface area contributed by atoms with Crippen molar-refractivity contribution in [2.75, 3.05) is 0 Å². The molecule has 3 aromatic carbocycles. The van der Waals surface area contributed by atoms with Crippen LogP contribution in [-0.2, 0) is 0 Å². The minimum atomic E-state index is -0.659. The Hall–Kier alpha value is -3.34. The van der Waals surface area contributed by atoms with Gasteiger partial charge in [-0.15, -0.1) is 0 Å². The lowest BCUT2D eigenvalue weighted by molar-refractivity contribution is 0.433. The molecule has 0 aliphatic rings. The summed E-state index contributed by atoms with van der Waals surface area (Å²) in [4.78, 5) is 0. The van der Waals surface area contributed by atoms with E-state index < -0.39 is 11.6 Å². The van der Waals surface area contributed by atoms with Gasteiger partial charge in [-0.1, -0.05) is 18.2 Å². The molecule has 0 saturated heterocycles. The molecule has 4 nitrogen and oxygen atoms in total. The average molecular weight is 320 g/mol. The van der Waals surface area contributed by atoms with Crippen LogP contribution in [0.2, 0.25) is 0 Å². The lowest BCUT2D eigenvalue weighted by Crippen LogP contribution is -1.96. The summed E-state index contributed by atoms with van der Waals surface area (Å²) in [6.45, 7) is 0. The molecule has 118 valence electrons. The number of rotatable bonds is 3. The van der Waals surface area contributed by atoms with Crippen molar-refractivity contribution < 1.29 is 14.2 Å².